The topological polar surface area (TPSA) is 30.5 Å². The van der Waals surface area contributed by atoms with Gasteiger partial charge in [0.1, 0.15) is 12.4 Å². The molecular weight excluding hydrogens is 457 g/mol. The number of ether oxygens (including phenoxy) is 2. The minimum Gasteiger partial charge on any atom is -0.493 e. The number of benzene rings is 3. The molecule has 0 aliphatic rings. The van der Waals surface area contributed by atoms with Crippen LogP contribution >= 0.6 is 27.5 Å². The Hall–Kier alpha value is -2.08. The molecule has 0 aliphatic carbocycles. The van der Waals surface area contributed by atoms with E-state index >= 15 is 0 Å². The first-order chi connectivity index (χ1) is 14.1. The van der Waals surface area contributed by atoms with Crippen molar-refractivity contribution in [3.63, 3.8) is 0 Å². The van der Waals surface area contributed by atoms with Crippen LogP contribution in [0, 0.1) is 5.82 Å². The van der Waals surface area contributed by atoms with Crippen molar-refractivity contribution in [1.82, 2.24) is 5.32 Å². The molecule has 0 aromatic heterocycles. The van der Waals surface area contributed by atoms with E-state index in [0.29, 0.717) is 24.7 Å². The largest absolute Gasteiger partial charge is 0.493 e. The van der Waals surface area contributed by atoms with E-state index in [1.807, 2.05) is 36.4 Å². The van der Waals surface area contributed by atoms with Gasteiger partial charge in [-0.3, -0.25) is 0 Å². The fraction of sp³-hybridized carbons (Fsp3) is 0.217. The molecule has 0 unspecified atom stereocenters. The molecule has 0 saturated heterocycles. The van der Waals surface area contributed by atoms with Gasteiger partial charge in [0.25, 0.3) is 0 Å². The second kappa shape index (κ2) is 10.6. The maximum absolute atomic E-state index is 13.1. The van der Waals surface area contributed by atoms with Crippen LogP contribution in [0.3, 0.4) is 0 Å². The number of halogens is 3. The fourth-order valence-electron chi connectivity index (χ4n) is 2.90. The Morgan fingerprint density at radius 3 is 2.34 bits per heavy atom. The molecule has 29 heavy (non-hydrogen) atoms. The Kier molecular flexibility index (Phi) is 7.92. The number of nitrogens with one attached hydrogen (secondary N) is 1. The highest BCUT2D eigenvalue weighted by atomic mass is 79.9. The summed E-state index contributed by atoms with van der Waals surface area (Å²) in [5.41, 5.74) is 3.08. The Bertz CT molecular complexity index is 933. The summed E-state index contributed by atoms with van der Waals surface area (Å²) in [7, 11) is 1.62. The molecule has 3 rings (SSSR count). The average molecular weight is 479 g/mol. The van der Waals surface area contributed by atoms with Crippen LogP contribution in [-0.2, 0) is 19.6 Å². The van der Waals surface area contributed by atoms with E-state index in [1.54, 1.807) is 19.2 Å². The summed E-state index contributed by atoms with van der Waals surface area (Å²) < 4.78 is 25.6. The minimum absolute atomic E-state index is 0.264. The summed E-state index contributed by atoms with van der Waals surface area (Å²) >= 11 is 9.54. The van der Waals surface area contributed by atoms with Gasteiger partial charge in [-0.2, -0.15) is 0 Å². The second-order valence-corrected chi connectivity index (χ2v) is 7.82. The van der Waals surface area contributed by atoms with Crippen LogP contribution in [0.15, 0.2) is 65.1 Å². The van der Waals surface area contributed by atoms with Crippen LogP contribution in [-0.4, -0.2) is 13.7 Å². The second-order valence-electron chi connectivity index (χ2n) is 6.53. The molecule has 6 heteroatoms. The van der Waals surface area contributed by atoms with Gasteiger partial charge >= 0.3 is 0 Å². The molecule has 0 fully saturated rings. The SMILES string of the molecule is COc1ccc(Br)c(CNCCc2ccc(Cl)cc2)c1OCc1ccc(F)cc1. The standard InChI is InChI=1S/C23H22BrClFNO2/c1-28-22-11-10-21(24)20(14-27-13-12-16-2-6-18(25)7-3-16)23(22)29-15-17-4-8-19(26)9-5-17/h2-11,27H,12-15H2,1H3. The Morgan fingerprint density at radius 1 is 0.966 bits per heavy atom. The predicted molar refractivity (Wildman–Crippen MR) is 118 cm³/mol. The highest BCUT2D eigenvalue weighted by Crippen LogP contribution is 2.36. The summed E-state index contributed by atoms with van der Waals surface area (Å²) in [6.45, 7) is 1.75. The predicted octanol–water partition coefficient (Wildman–Crippen LogP) is 6.16. The summed E-state index contributed by atoms with van der Waals surface area (Å²) in [5.74, 6) is 1.06. The van der Waals surface area contributed by atoms with Crippen molar-refractivity contribution in [2.75, 3.05) is 13.7 Å². The summed E-state index contributed by atoms with van der Waals surface area (Å²) in [5, 5.41) is 4.20. The van der Waals surface area contributed by atoms with Crippen molar-refractivity contribution >= 4 is 27.5 Å². The normalized spacial score (nSPS) is 10.8. The van der Waals surface area contributed by atoms with Crippen molar-refractivity contribution < 1.29 is 13.9 Å². The van der Waals surface area contributed by atoms with Gasteiger partial charge in [-0.15, -0.1) is 0 Å². The van der Waals surface area contributed by atoms with Crippen molar-refractivity contribution in [3.8, 4) is 11.5 Å². The molecule has 0 amide bonds. The maximum Gasteiger partial charge on any atom is 0.167 e. The van der Waals surface area contributed by atoms with Gasteiger partial charge < -0.3 is 14.8 Å². The van der Waals surface area contributed by atoms with E-state index in [2.05, 4.69) is 21.2 Å². The van der Waals surface area contributed by atoms with Crippen molar-refractivity contribution in [2.24, 2.45) is 0 Å². The zero-order chi connectivity index (χ0) is 20.6. The van der Waals surface area contributed by atoms with Crippen LogP contribution in [0.1, 0.15) is 16.7 Å². The first-order valence-electron chi connectivity index (χ1n) is 9.24. The molecule has 0 radical (unpaired) electrons. The Morgan fingerprint density at radius 2 is 1.66 bits per heavy atom. The molecule has 0 bridgehead atoms. The molecule has 3 aromatic rings. The van der Waals surface area contributed by atoms with Crippen molar-refractivity contribution in [2.45, 2.75) is 19.6 Å². The van der Waals surface area contributed by atoms with Gasteiger partial charge in [0.05, 0.1) is 7.11 Å². The van der Waals surface area contributed by atoms with E-state index in [4.69, 9.17) is 21.1 Å². The summed E-state index contributed by atoms with van der Waals surface area (Å²) in [4.78, 5) is 0. The van der Waals surface area contributed by atoms with Gasteiger partial charge in [-0.05, 0) is 60.5 Å². The lowest BCUT2D eigenvalue weighted by atomic mass is 10.1. The lowest BCUT2D eigenvalue weighted by molar-refractivity contribution is 0.280. The van der Waals surface area contributed by atoms with Gasteiger partial charge in [-0.1, -0.05) is 51.8 Å². The van der Waals surface area contributed by atoms with Gasteiger partial charge in [-0.25, -0.2) is 4.39 Å². The smallest absolute Gasteiger partial charge is 0.167 e. The van der Waals surface area contributed by atoms with Gasteiger partial charge in [0.15, 0.2) is 11.5 Å². The highest BCUT2D eigenvalue weighted by molar-refractivity contribution is 9.10. The molecule has 1 N–H and O–H groups in total. The molecule has 152 valence electrons. The van der Waals surface area contributed by atoms with Gasteiger partial charge in [0, 0.05) is 21.6 Å². The lowest BCUT2D eigenvalue weighted by Crippen LogP contribution is -2.18. The van der Waals surface area contributed by atoms with Crippen LogP contribution in [0.4, 0.5) is 4.39 Å². The molecule has 0 aliphatic heterocycles. The summed E-state index contributed by atoms with van der Waals surface area (Å²) in [6, 6.07) is 17.9. The number of hydrogen-bond acceptors (Lipinski definition) is 3. The van der Waals surface area contributed by atoms with Crippen LogP contribution in [0.2, 0.25) is 5.02 Å². The fourth-order valence-corrected chi connectivity index (χ4v) is 3.48. The van der Waals surface area contributed by atoms with E-state index in [0.717, 1.165) is 33.6 Å². The highest BCUT2D eigenvalue weighted by Gasteiger charge is 2.15. The van der Waals surface area contributed by atoms with E-state index in [1.165, 1.54) is 17.7 Å². The average Bonchev–Trinajstić information content (AvgIpc) is 2.73. The first-order valence-corrected chi connectivity index (χ1v) is 10.4. The van der Waals surface area contributed by atoms with Crippen LogP contribution in [0.5, 0.6) is 11.5 Å². The van der Waals surface area contributed by atoms with Crippen molar-refractivity contribution in [3.05, 3.63) is 92.7 Å². The zero-order valence-corrected chi connectivity index (χ0v) is 18.4. The molecule has 0 atom stereocenters. The van der Waals surface area contributed by atoms with E-state index in [9.17, 15) is 4.39 Å². The molecule has 0 spiro atoms. The lowest BCUT2D eigenvalue weighted by Gasteiger charge is -2.17. The van der Waals surface area contributed by atoms with Crippen molar-refractivity contribution in [1.29, 1.82) is 0 Å². The van der Waals surface area contributed by atoms with E-state index in [-0.39, 0.29) is 5.82 Å². The third-order valence-corrected chi connectivity index (χ3v) is 5.48. The Balaban J connectivity index is 1.66. The number of methoxy groups -OCH3 is 1. The number of hydrogen-bond donors (Lipinski definition) is 1. The maximum atomic E-state index is 13.1. The third-order valence-electron chi connectivity index (χ3n) is 4.49. The quantitative estimate of drug-likeness (QED) is 0.374. The zero-order valence-electron chi connectivity index (χ0n) is 16.1. The monoisotopic (exact) mass is 477 g/mol. The third kappa shape index (κ3) is 6.20. The number of rotatable bonds is 9. The van der Waals surface area contributed by atoms with E-state index < -0.39 is 0 Å². The molecule has 0 saturated carbocycles. The molecule has 3 aromatic carbocycles. The van der Waals surface area contributed by atoms with Crippen LogP contribution < -0.4 is 14.8 Å². The molecule has 0 heterocycles. The molecule has 3 nitrogen and oxygen atoms in total. The van der Waals surface area contributed by atoms with Gasteiger partial charge in [0.2, 0.25) is 0 Å². The Labute approximate surface area is 183 Å². The first kappa shape index (κ1) is 21.6. The van der Waals surface area contributed by atoms with Crippen LogP contribution in [0.25, 0.3) is 0 Å². The summed E-state index contributed by atoms with van der Waals surface area (Å²) in [6.07, 6.45) is 0.893. The molecular formula is C23H22BrClFNO2. The minimum atomic E-state index is -0.264.